The Labute approximate surface area is 154 Å². The van der Waals surface area contributed by atoms with Crippen molar-refractivity contribution in [1.82, 2.24) is 0 Å². The summed E-state index contributed by atoms with van der Waals surface area (Å²) >= 11 is 2.11. The molecule has 0 aliphatic carbocycles. The van der Waals surface area contributed by atoms with Crippen molar-refractivity contribution in [3.8, 4) is 11.5 Å². The number of carbonyl (C=O) groups is 1. The Kier molecular flexibility index (Phi) is 6.42. The van der Waals surface area contributed by atoms with E-state index in [1.807, 2.05) is 13.8 Å². The van der Waals surface area contributed by atoms with Crippen LogP contribution >= 0.6 is 22.6 Å². The highest BCUT2D eigenvalue weighted by Gasteiger charge is 2.16. The largest absolute Gasteiger partial charge is 0.490 e. The first-order valence-electron chi connectivity index (χ1n) is 7.62. The zero-order chi connectivity index (χ0) is 17.7. The third-order valence-corrected chi connectivity index (χ3v) is 4.08. The second-order valence-electron chi connectivity index (χ2n) is 5.07. The summed E-state index contributed by atoms with van der Waals surface area (Å²) in [6, 6.07) is 7.85. The molecule has 6 heteroatoms. The van der Waals surface area contributed by atoms with Crippen LogP contribution < -0.4 is 14.8 Å². The first-order chi connectivity index (χ1) is 11.5. The Hall–Kier alpha value is -1.83. The van der Waals surface area contributed by atoms with Crippen molar-refractivity contribution in [2.75, 3.05) is 18.5 Å². The fourth-order valence-corrected chi connectivity index (χ4v) is 2.93. The molecule has 0 unspecified atom stereocenters. The summed E-state index contributed by atoms with van der Waals surface area (Å²) in [6.07, 6.45) is 0. The van der Waals surface area contributed by atoms with E-state index < -0.39 is 0 Å². The molecule has 1 amide bonds. The van der Waals surface area contributed by atoms with Gasteiger partial charge in [-0.3, -0.25) is 4.79 Å². The maximum absolute atomic E-state index is 13.3. The highest BCUT2D eigenvalue weighted by Crippen LogP contribution is 2.34. The van der Waals surface area contributed by atoms with E-state index >= 15 is 0 Å². The van der Waals surface area contributed by atoms with Crippen molar-refractivity contribution >= 4 is 34.2 Å². The minimum Gasteiger partial charge on any atom is -0.490 e. The van der Waals surface area contributed by atoms with Crippen molar-refractivity contribution in [3.63, 3.8) is 0 Å². The van der Waals surface area contributed by atoms with Crippen molar-refractivity contribution in [2.45, 2.75) is 20.8 Å². The predicted molar refractivity (Wildman–Crippen MR) is 101 cm³/mol. The van der Waals surface area contributed by atoms with Gasteiger partial charge in [0.15, 0.2) is 11.5 Å². The maximum atomic E-state index is 13.3. The summed E-state index contributed by atoms with van der Waals surface area (Å²) < 4.78 is 25.3. The van der Waals surface area contributed by atoms with Gasteiger partial charge in [-0.15, -0.1) is 0 Å². The molecule has 0 aliphatic rings. The van der Waals surface area contributed by atoms with Crippen molar-refractivity contribution in [1.29, 1.82) is 0 Å². The van der Waals surface area contributed by atoms with E-state index in [4.69, 9.17) is 9.47 Å². The smallest absolute Gasteiger partial charge is 0.255 e. The Morgan fingerprint density at radius 1 is 1.17 bits per heavy atom. The number of hydrogen-bond acceptors (Lipinski definition) is 3. The molecular formula is C18H19FINO3. The number of hydrogen-bond donors (Lipinski definition) is 1. The average molecular weight is 443 g/mol. The van der Waals surface area contributed by atoms with Gasteiger partial charge in [0.25, 0.3) is 5.91 Å². The van der Waals surface area contributed by atoms with Crippen LogP contribution in [0.5, 0.6) is 11.5 Å². The fourth-order valence-electron chi connectivity index (χ4n) is 2.17. The Morgan fingerprint density at radius 3 is 2.50 bits per heavy atom. The number of ether oxygens (including phenoxy) is 2. The number of carbonyl (C=O) groups excluding carboxylic acids is 1. The van der Waals surface area contributed by atoms with Crippen molar-refractivity contribution in [2.24, 2.45) is 0 Å². The molecule has 0 saturated carbocycles. The quantitative estimate of drug-likeness (QED) is 0.654. The number of amides is 1. The van der Waals surface area contributed by atoms with Crippen molar-refractivity contribution in [3.05, 3.63) is 50.8 Å². The maximum Gasteiger partial charge on any atom is 0.255 e. The number of nitrogens with one attached hydrogen (secondary N) is 1. The van der Waals surface area contributed by atoms with Gasteiger partial charge in [-0.2, -0.15) is 0 Å². The molecular weight excluding hydrogens is 424 g/mol. The Bertz CT molecular complexity index is 749. The second kappa shape index (κ2) is 8.32. The summed E-state index contributed by atoms with van der Waals surface area (Å²) in [5, 5.41) is 2.77. The minimum atomic E-state index is -0.303. The first kappa shape index (κ1) is 18.5. The molecule has 2 aromatic carbocycles. The number of rotatable bonds is 6. The van der Waals surface area contributed by atoms with E-state index in [-0.39, 0.29) is 11.7 Å². The molecule has 0 aliphatic heterocycles. The molecule has 0 spiro atoms. The van der Waals surface area contributed by atoms with Crippen LogP contribution in [0.15, 0.2) is 30.3 Å². The second-order valence-corrected chi connectivity index (χ2v) is 6.23. The predicted octanol–water partition coefficient (Wildman–Crippen LogP) is 4.79. The summed E-state index contributed by atoms with van der Waals surface area (Å²) in [6.45, 7) is 6.40. The molecule has 0 atom stereocenters. The van der Waals surface area contributed by atoms with Gasteiger partial charge in [0, 0.05) is 11.3 Å². The molecule has 0 bridgehead atoms. The topological polar surface area (TPSA) is 47.6 Å². The van der Waals surface area contributed by atoms with Crippen LogP contribution in [0.25, 0.3) is 0 Å². The van der Waals surface area contributed by atoms with E-state index in [2.05, 4.69) is 27.9 Å². The van der Waals surface area contributed by atoms with E-state index in [1.54, 1.807) is 25.1 Å². The molecule has 24 heavy (non-hydrogen) atoms. The zero-order valence-electron chi connectivity index (χ0n) is 13.8. The van der Waals surface area contributed by atoms with Crippen LogP contribution in [-0.4, -0.2) is 19.1 Å². The first-order valence-corrected chi connectivity index (χ1v) is 8.70. The van der Waals surface area contributed by atoms with Gasteiger partial charge in [-0.05, 0) is 79.3 Å². The van der Waals surface area contributed by atoms with Crippen LogP contribution in [0, 0.1) is 16.3 Å². The van der Waals surface area contributed by atoms with Gasteiger partial charge >= 0.3 is 0 Å². The molecule has 0 radical (unpaired) electrons. The molecule has 0 aromatic heterocycles. The molecule has 1 N–H and O–H groups in total. The lowest BCUT2D eigenvalue weighted by atomic mass is 10.1. The number of halogens is 2. The summed E-state index contributed by atoms with van der Waals surface area (Å²) in [5.74, 6) is 0.575. The monoisotopic (exact) mass is 443 g/mol. The lowest BCUT2D eigenvalue weighted by Crippen LogP contribution is -2.13. The lowest BCUT2D eigenvalue weighted by molar-refractivity contribution is 0.102. The van der Waals surface area contributed by atoms with Crippen LogP contribution in [0.3, 0.4) is 0 Å². The van der Waals surface area contributed by atoms with Gasteiger partial charge in [0.05, 0.1) is 16.8 Å². The summed E-state index contributed by atoms with van der Waals surface area (Å²) in [7, 11) is 0. The van der Waals surface area contributed by atoms with Gasteiger partial charge in [-0.1, -0.05) is 0 Å². The van der Waals surface area contributed by atoms with Crippen LogP contribution in [0.4, 0.5) is 10.1 Å². The van der Waals surface area contributed by atoms with E-state index in [0.717, 1.165) is 3.57 Å². The lowest BCUT2D eigenvalue weighted by Gasteiger charge is -2.14. The van der Waals surface area contributed by atoms with Crippen molar-refractivity contribution < 1.29 is 18.7 Å². The van der Waals surface area contributed by atoms with Crippen LogP contribution in [-0.2, 0) is 0 Å². The summed E-state index contributed by atoms with van der Waals surface area (Å²) in [5.41, 5.74) is 1.47. The molecule has 4 nitrogen and oxygen atoms in total. The van der Waals surface area contributed by atoms with E-state index in [9.17, 15) is 9.18 Å². The molecule has 2 aromatic rings. The number of anilines is 1. The Morgan fingerprint density at radius 2 is 1.88 bits per heavy atom. The van der Waals surface area contributed by atoms with Gasteiger partial charge in [-0.25, -0.2) is 4.39 Å². The minimum absolute atomic E-state index is 0.289. The van der Waals surface area contributed by atoms with Gasteiger partial charge in [0.1, 0.15) is 5.82 Å². The number of benzene rings is 2. The SMILES string of the molecule is CCOc1cc(C(=O)Nc2ccc(F)c(C)c2)cc(I)c1OCC. The van der Waals surface area contributed by atoms with Gasteiger partial charge < -0.3 is 14.8 Å². The highest BCUT2D eigenvalue weighted by molar-refractivity contribution is 14.1. The van der Waals surface area contributed by atoms with E-state index in [1.165, 1.54) is 12.1 Å². The standard InChI is InChI=1S/C18H19FINO3/c1-4-23-16-10-12(9-15(20)17(16)24-5-2)18(22)21-13-6-7-14(19)11(3)8-13/h6-10H,4-5H2,1-3H3,(H,21,22). The van der Waals surface area contributed by atoms with Gasteiger partial charge in [0.2, 0.25) is 0 Å². The molecule has 0 heterocycles. The highest BCUT2D eigenvalue weighted by atomic mass is 127. The van der Waals surface area contributed by atoms with E-state index in [0.29, 0.717) is 41.5 Å². The molecule has 0 saturated heterocycles. The number of aryl methyl sites for hydroxylation is 1. The average Bonchev–Trinajstić information content (AvgIpc) is 2.54. The molecule has 128 valence electrons. The third-order valence-electron chi connectivity index (χ3n) is 3.28. The third kappa shape index (κ3) is 4.37. The fraction of sp³-hybridized carbons (Fsp3) is 0.278. The molecule has 2 rings (SSSR count). The Balaban J connectivity index is 2.29. The zero-order valence-corrected chi connectivity index (χ0v) is 15.9. The van der Waals surface area contributed by atoms with Crippen LogP contribution in [0.1, 0.15) is 29.8 Å². The normalized spacial score (nSPS) is 10.4. The summed E-state index contributed by atoms with van der Waals surface area (Å²) in [4.78, 5) is 12.5. The molecule has 0 fully saturated rings. The van der Waals surface area contributed by atoms with Crippen LogP contribution in [0.2, 0.25) is 0 Å².